The third-order valence-electron chi connectivity index (χ3n) is 10.4. The smallest absolute Gasteiger partial charge is 0.264 e. The Morgan fingerprint density at radius 2 is 1.77 bits per heavy atom. The maximum Gasteiger partial charge on any atom is 0.264 e. The fourth-order valence-electron chi connectivity index (χ4n) is 7.77. The number of imide groups is 2. The lowest BCUT2D eigenvalue weighted by Gasteiger charge is -2.34. The van der Waals surface area contributed by atoms with Gasteiger partial charge in [0.2, 0.25) is 11.8 Å². The van der Waals surface area contributed by atoms with Crippen LogP contribution < -0.4 is 10.2 Å². The molecule has 4 aliphatic rings. The van der Waals surface area contributed by atoms with Gasteiger partial charge in [0, 0.05) is 31.3 Å². The summed E-state index contributed by atoms with van der Waals surface area (Å²) in [6.07, 6.45) is 6.28. The number of piperidine rings is 2. The molecule has 14 heteroatoms. The number of amides is 4. The molecule has 5 aromatic rings. The Morgan fingerprint density at radius 3 is 2.58 bits per heavy atom. The number of carbonyl (C=O) groups excluding carboxylic acids is 4. The van der Waals surface area contributed by atoms with E-state index in [1.807, 2.05) is 42.1 Å². The number of nitrogens with one attached hydrogen (secondary N) is 1. The molecular weight excluding hydrogens is 693 g/mol. The molecule has 7 heterocycles. The number of carbonyl (C=O) groups is 4. The summed E-state index contributed by atoms with van der Waals surface area (Å²) in [5.74, 6) is 6.44. The Bertz CT molecular complexity index is 2380. The zero-order valence-corrected chi connectivity index (χ0v) is 29.7. The highest BCUT2D eigenvalue weighted by molar-refractivity contribution is 7.15. The second-order valence-corrected chi connectivity index (χ2v) is 14.7. The second kappa shape index (κ2) is 13.3. The van der Waals surface area contributed by atoms with Gasteiger partial charge in [-0.15, -0.1) is 21.5 Å². The van der Waals surface area contributed by atoms with Crippen LogP contribution in [0.2, 0.25) is 0 Å². The number of aryl methyl sites for hydroxylation is 1. The minimum absolute atomic E-state index is 0.0796. The van der Waals surface area contributed by atoms with Gasteiger partial charge in [0.1, 0.15) is 23.5 Å². The lowest BCUT2D eigenvalue weighted by Crippen LogP contribution is -2.54. The number of anilines is 1. The minimum Gasteiger partial charge on any atom is -0.371 e. The number of rotatable bonds is 5. The van der Waals surface area contributed by atoms with E-state index in [2.05, 4.69) is 49.0 Å². The Balaban J connectivity index is 0.929. The number of nitrogens with zero attached hydrogens (tertiary/aromatic N) is 7. The molecule has 2 aromatic carbocycles. The van der Waals surface area contributed by atoms with Gasteiger partial charge in [-0.25, -0.2) is 0 Å². The largest absolute Gasteiger partial charge is 0.371 e. The molecule has 13 nitrogen and oxygen atoms in total. The van der Waals surface area contributed by atoms with Crippen molar-refractivity contribution in [2.75, 3.05) is 18.0 Å². The first-order chi connectivity index (χ1) is 25.8. The van der Waals surface area contributed by atoms with Crippen molar-refractivity contribution in [1.29, 1.82) is 0 Å². The number of hydrogen-bond donors (Lipinski definition) is 1. The van der Waals surface area contributed by atoms with E-state index in [1.54, 1.807) is 29.7 Å². The Hall–Kier alpha value is -5.91. The topological polar surface area (TPSA) is 145 Å². The van der Waals surface area contributed by atoms with Crippen molar-refractivity contribution in [3.8, 4) is 16.8 Å². The fourth-order valence-corrected chi connectivity index (χ4v) is 9.02. The highest BCUT2D eigenvalue weighted by atomic mass is 32.1. The van der Waals surface area contributed by atoms with E-state index < -0.39 is 29.7 Å². The zero-order valence-electron chi connectivity index (χ0n) is 28.9. The summed E-state index contributed by atoms with van der Waals surface area (Å²) in [5, 5.41) is 16.7. The third-order valence-corrected chi connectivity index (χ3v) is 11.6. The molecule has 1 N–H and O–H groups in total. The molecule has 2 saturated heterocycles. The van der Waals surface area contributed by atoms with Crippen LogP contribution in [0.25, 0.3) is 5.00 Å². The van der Waals surface area contributed by atoms with E-state index in [9.17, 15) is 19.2 Å². The number of benzene rings is 2. The SMILES string of the molecule is Cc1nnc2n1-c1sc(C#Cc3cnn(C4CCN(c5cccc6c5C(=O)N(C5CCC(=O)NC5=O)C6=O)CC4)c3)c(Cc3ccccc3)c1COC2. The highest BCUT2D eigenvalue weighted by Gasteiger charge is 2.46. The number of thiophene rings is 1. The first-order valence-corrected chi connectivity index (χ1v) is 18.5. The van der Waals surface area contributed by atoms with Crippen molar-refractivity contribution in [3.05, 3.63) is 111 Å². The van der Waals surface area contributed by atoms with Gasteiger partial charge in [-0.05, 0) is 55.9 Å². The number of fused-ring (bicyclic) bond motifs is 4. The fraction of sp³-hybridized carbons (Fsp3) is 0.308. The molecule has 0 bridgehead atoms. The number of aromatic nitrogens is 5. The summed E-state index contributed by atoms with van der Waals surface area (Å²) < 4.78 is 10.1. The van der Waals surface area contributed by atoms with Gasteiger partial charge in [0.25, 0.3) is 11.8 Å². The van der Waals surface area contributed by atoms with E-state index >= 15 is 0 Å². The molecule has 1 unspecified atom stereocenters. The molecule has 0 saturated carbocycles. The average Bonchev–Trinajstić information content (AvgIpc) is 3.90. The van der Waals surface area contributed by atoms with E-state index in [0.717, 1.165) is 62.4 Å². The maximum atomic E-state index is 13.7. The predicted octanol–water partition coefficient (Wildman–Crippen LogP) is 4.10. The third kappa shape index (κ3) is 5.82. The van der Waals surface area contributed by atoms with Crippen molar-refractivity contribution in [1.82, 2.24) is 34.8 Å². The molecule has 9 rings (SSSR count). The van der Waals surface area contributed by atoms with Crippen LogP contribution in [-0.2, 0) is 34.0 Å². The van der Waals surface area contributed by atoms with Crippen molar-refractivity contribution < 1.29 is 23.9 Å². The molecule has 0 radical (unpaired) electrons. The summed E-state index contributed by atoms with van der Waals surface area (Å²) >= 11 is 1.64. The summed E-state index contributed by atoms with van der Waals surface area (Å²) in [6.45, 7) is 4.14. The van der Waals surface area contributed by atoms with Crippen LogP contribution in [0, 0.1) is 18.8 Å². The van der Waals surface area contributed by atoms with Gasteiger partial charge in [0.05, 0.1) is 46.1 Å². The van der Waals surface area contributed by atoms with Crippen molar-refractivity contribution in [2.45, 2.75) is 64.3 Å². The first-order valence-electron chi connectivity index (χ1n) is 17.7. The highest BCUT2D eigenvalue weighted by Crippen LogP contribution is 2.38. The predicted molar refractivity (Wildman–Crippen MR) is 194 cm³/mol. The van der Waals surface area contributed by atoms with Crippen LogP contribution in [-0.4, -0.2) is 72.2 Å². The summed E-state index contributed by atoms with van der Waals surface area (Å²) in [6, 6.07) is 14.8. The molecule has 4 amide bonds. The summed E-state index contributed by atoms with van der Waals surface area (Å²) in [4.78, 5) is 55.4. The number of hydrogen-bond acceptors (Lipinski definition) is 10. The van der Waals surface area contributed by atoms with Crippen LogP contribution in [0.15, 0.2) is 60.9 Å². The molecular formula is C39H34N8O5S. The van der Waals surface area contributed by atoms with Gasteiger partial charge in [0.15, 0.2) is 5.82 Å². The van der Waals surface area contributed by atoms with Crippen LogP contribution >= 0.6 is 11.3 Å². The normalized spacial score (nSPS) is 18.6. The molecule has 2 fully saturated rings. The number of ether oxygens (including phenoxy) is 1. The van der Waals surface area contributed by atoms with Crippen molar-refractivity contribution >= 4 is 40.7 Å². The molecule has 1 atom stereocenters. The minimum atomic E-state index is -0.999. The van der Waals surface area contributed by atoms with Crippen molar-refractivity contribution in [2.24, 2.45) is 0 Å². The van der Waals surface area contributed by atoms with E-state index in [4.69, 9.17) is 9.84 Å². The molecule has 4 aliphatic heterocycles. The van der Waals surface area contributed by atoms with Crippen molar-refractivity contribution in [3.63, 3.8) is 0 Å². The lowest BCUT2D eigenvalue weighted by molar-refractivity contribution is -0.136. The molecule has 0 aliphatic carbocycles. The molecule has 3 aromatic heterocycles. The molecule has 0 spiro atoms. The monoisotopic (exact) mass is 726 g/mol. The van der Waals surface area contributed by atoms with Crippen LogP contribution in [0.1, 0.15) is 91.2 Å². The van der Waals surface area contributed by atoms with Gasteiger partial charge >= 0.3 is 0 Å². The van der Waals surface area contributed by atoms with E-state index in [0.29, 0.717) is 37.6 Å². The Kier molecular flexibility index (Phi) is 8.24. The quantitative estimate of drug-likeness (QED) is 0.209. The zero-order chi connectivity index (χ0) is 36.2. The van der Waals surface area contributed by atoms with Crippen LogP contribution in [0.4, 0.5) is 5.69 Å². The maximum absolute atomic E-state index is 13.7. The average molecular weight is 727 g/mol. The molecule has 53 heavy (non-hydrogen) atoms. The van der Waals surface area contributed by atoms with E-state index in [-0.39, 0.29) is 24.4 Å². The standard InChI is InChI=1S/C39H34N8O5S/c1-23-42-43-33-22-52-21-29-28(18-24-6-3-2-4-7-24)32(53-39(29)46(23)33)12-10-25-19-40-45(20-25)26-14-16-44(17-15-26)30-9-5-8-27-35(30)38(51)47(37(27)50)31-11-13-34(48)41-36(31)49/h2-9,19-20,26,31H,11,13-18,21-22H2,1H3,(H,41,48,49). The lowest BCUT2D eigenvalue weighted by atomic mass is 10.0. The van der Waals surface area contributed by atoms with E-state index in [1.165, 1.54) is 5.56 Å². The Morgan fingerprint density at radius 1 is 0.943 bits per heavy atom. The van der Waals surface area contributed by atoms with Crippen LogP contribution in [0.5, 0.6) is 0 Å². The van der Waals surface area contributed by atoms with Gasteiger partial charge in [-0.2, -0.15) is 5.10 Å². The summed E-state index contributed by atoms with van der Waals surface area (Å²) in [7, 11) is 0. The first kappa shape index (κ1) is 33.0. The van der Waals surface area contributed by atoms with Crippen LogP contribution in [0.3, 0.4) is 0 Å². The van der Waals surface area contributed by atoms with Gasteiger partial charge in [-0.3, -0.25) is 38.6 Å². The summed E-state index contributed by atoms with van der Waals surface area (Å²) in [5.41, 5.74) is 5.57. The second-order valence-electron chi connectivity index (χ2n) is 13.7. The Labute approximate surface area is 308 Å². The molecule has 266 valence electrons. The van der Waals surface area contributed by atoms with Gasteiger partial charge in [-0.1, -0.05) is 48.2 Å². The van der Waals surface area contributed by atoms with Gasteiger partial charge < -0.3 is 9.64 Å².